The highest BCUT2D eigenvalue weighted by molar-refractivity contribution is 7.99. The van der Waals surface area contributed by atoms with Crippen LogP contribution in [0.25, 0.3) is 10.7 Å². The fourth-order valence-electron chi connectivity index (χ4n) is 2.13. The van der Waals surface area contributed by atoms with Gasteiger partial charge < -0.3 is 9.88 Å². The average molecular weight is 425 g/mol. The summed E-state index contributed by atoms with van der Waals surface area (Å²) in [6.07, 6.45) is 0. The second-order valence-corrected chi connectivity index (χ2v) is 8.78. The lowest BCUT2D eigenvalue weighted by molar-refractivity contribution is -0.118. The first-order valence-corrected chi connectivity index (χ1v) is 11.1. The Kier molecular flexibility index (Phi) is 7.01. The number of halogens is 1. The molecular weight excluding hydrogens is 408 g/mol. The monoisotopic (exact) mass is 424 g/mol. The van der Waals surface area contributed by atoms with Crippen molar-refractivity contribution >= 4 is 52.4 Å². The third-order valence-corrected chi connectivity index (χ3v) is 6.57. The Morgan fingerprint density at radius 1 is 1.23 bits per heavy atom. The predicted octanol–water partition coefficient (Wildman–Crippen LogP) is 4.20. The van der Waals surface area contributed by atoms with Crippen molar-refractivity contribution in [3.63, 3.8) is 0 Å². The van der Waals surface area contributed by atoms with E-state index in [1.165, 1.54) is 11.8 Å². The fourth-order valence-corrected chi connectivity index (χ4v) is 4.51. The van der Waals surface area contributed by atoms with Crippen LogP contribution in [0.4, 0.5) is 0 Å². The number of benzene rings is 1. The molecule has 0 radical (unpaired) electrons. The molecule has 1 amide bonds. The molecule has 3 aromatic rings. The molecule has 2 aromatic heterocycles. The van der Waals surface area contributed by atoms with Crippen molar-refractivity contribution in [3.05, 3.63) is 46.8 Å². The van der Waals surface area contributed by atoms with Gasteiger partial charge in [0.15, 0.2) is 11.0 Å². The Hall–Kier alpha value is -1.48. The normalized spacial score (nSPS) is 10.8. The van der Waals surface area contributed by atoms with Crippen molar-refractivity contribution < 1.29 is 4.79 Å². The Balaban J connectivity index is 1.40. The Bertz CT molecular complexity index is 850. The van der Waals surface area contributed by atoms with Gasteiger partial charge in [0, 0.05) is 29.3 Å². The van der Waals surface area contributed by atoms with Crippen LogP contribution in [-0.4, -0.2) is 38.7 Å². The maximum atomic E-state index is 12.0. The van der Waals surface area contributed by atoms with E-state index in [4.69, 9.17) is 11.6 Å². The third-order valence-electron chi connectivity index (χ3n) is 3.42. The molecule has 26 heavy (non-hydrogen) atoms. The van der Waals surface area contributed by atoms with E-state index >= 15 is 0 Å². The van der Waals surface area contributed by atoms with Crippen LogP contribution in [0.2, 0.25) is 5.02 Å². The maximum absolute atomic E-state index is 12.0. The summed E-state index contributed by atoms with van der Waals surface area (Å²) in [5, 5.41) is 14.8. The quantitative estimate of drug-likeness (QED) is 0.433. The zero-order chi connectivity index (χ0) is 18.4. The fraction of sp³-hybridized carbons (Fsp3) is 0.235. The molecule has 0 aliphatic heterocycles. The summed E-state index contributed by atoms with van der Waals surface area (Å²) in [7, 11) is 1.91. The van der Waals surface area contributed by atoms with Gasteiger partial charge in [-0.05, 0) is 35.7 Å². The highest BCUT2D eigenvalue weighted by Gasteiger charge is 2.13. The molecule has 0 spiro atoms. The van der Waals surface area contributed by atoms with Gasteiger partial charge in [-0.2, -0.15) is 0 Å². The number of carbonyl (C=O) groups excluding carboxylic acids is 1. The zero-order valence-electron chi connectivity index (χ0n) is 14.0. The van der Waals surface area contributed by atoms with Crippen molar-refractivity contribution in [3.8, 4) is 10.7 Å². The lowest BCUT2D eigenvalue weighted by atomic mass is 10.4. The average Bonchev–Trinajstić information content (AvgIpc) is 3.28. The van der Waals surface area contributed by atoms with E-state index in [0.717, 1.165) is 31.5 Å². The number of aromatic nitrogens is 3. The van der Waals surface area contributed by atoms with Gasteiger partial charge in [0.2, 0.25) is 5.91 Å². The van der Waals surface area contributed by atoms with Gasteiger partial charge in [-0.1, -0.05) is 29.4 Å². The van der Waals surface area contributed by atoms with E-state index in [0.29, 0.717) is 12.3 Å². The van der Waals surface area contributed by atoms with Crippen molar-refractivity contribution in [2.24, 2.45) is 7.05 Å². The Morgan fingerprint density at radius 2 is 2.04 bits per heavy atom. The van der Waals surface area contributed by atoms with Gasteiger partial charge in [0.25, 0.3) is 0 Å². The van der Waals surface area contributed by atoms with Crippen LogP contribution >= 0.6 is 46.5 Å². The van der Waals surface area contributed by atoms with Crippen LogP contribution in [0, 0.1) is 0 Å². The predicted molar refractivity (Wildman–Crippen MR) is 110 cm³/mol. The van der Waals surface area contributed by atoms with Gasteiger partial charge in [-0.3, -0.25) is 4.79 Å². The summed E-state index contributed by atoms with van der Waals surface area (Å²) < 4.78 is 1.92. The van der Waals surface area contributed by atoms with E-state index in [1.807, 2.05) is 53.4 Å². The van der Waals surface area contributed by atoms with Crippen LogP contribution in [0.15, 0.2) is 51.8 Å². The maximum Gasteiger partial charge on any atom is 0.230 e. The highest BCUT2D eigenvalue weighted by Crippen LogP contribution is 2.26. The first-order valence-electron chi connectivity index (χ1n) is 7.84. The van der Waals surface area contributed by atoms with Crippen molar-refractivity contribution in [1.29, 1.82) is 0 Å². The summed E-state index contributed by atoms with van der Waals surface area (Å²) in [5.74, 6) is 1.95. The molecule has 1 N–H and O–H groups in total. The third kappa shape index (κ3) is 5.26. The minimum absolute atomic E-state index is 0.00706. The molecular formula is C17H17ClN4OS3. The lowest BCUT2D eigenvalue weighted by Crippen LogP contribution is -2.27. The minimum atomic E-state index is -0.00706. The molecule has 0 saturated carbocycles. The molecule has 0 aliphatic carbocycles. The van der Waals surface area contributed by atoms with E-state index in [2.05, 4.69) is 15.5 Å². The molecule has 5 nitrogen and oxygen atoms in total. The molecule has 0 fully saturated rings. The number of nitrogens with one attached hydrogen (secondary N) is 1. The van der Waals surface area contributed by atoms with Crippen molar-refractivity contribution in [1.82, 2.24) is 20.1 Å². The first kappa shape index (κ1) is 19.3. The molecule has 0 saturated heterocycles. The number of rotatable bonds is 8. The minimum Gasteiger partial charge on any atom is -0.355 e. The summed E-state index contributed by atoms with van der Waals surface area (Å²) >= 11 is 10.6. The summed E-state index contributed by atoms with van der Waals surface area (Å²) in [5.41, 5.74) is 0. The molecule has 2 heterocycles. The molecule has 136 valence electrons. The second-order valence-electron chi connectivity index (χ2n) is 5.28. The zero-order valence-corrected chi connectivity index (χ0v) is 17.2. The number of carbonyl (C=O) groups is 1. The number of thiophene rings is 1. The molecule has 0 bridgehead atoms. The van der Waals surface area contributed by atoms with E-state index in [9.17, 15) is 4.79 Å². The van der Waals surface area contributed by atoms with Crippen molar-refractivity contribution in [2.75, 3.05) is 18.1 Å². The van der Waals surface area contributed by atoms with E-state index in [-0.39, 0.29) is 5.91 Å². The number of nitrogens with zero attached hydrogens (tertiary/aromatic N) is 3. The molecule has 9 heteroatoms. The van der Waals surface area contributed by atoms with Crippen LogP contribution in [0.1, 0.15) is 0 Å². The van der Waals surface area contributed by atoms with Gasteiger partial charge in [0.05, 0.1) is 10.6 Å². The first-order chi connectivity index (χ1) is 12.6. The molecule has 1 aromatic carbocycles. The number of hydrogen-bond acceptors (Lipinski definition) is 6. The molecule has 0 aliphatic rings. The van der Waals surface area contributed by atoms with Gasteiger partial charge in [0.1, 0.15) is 0 Å². The molecule has 0 unspecified atom stereocenters. The highest BCUT2D eigenvalue weighted by atomic mass is 35.5. The topological polar surface area (TPSA) is 59.8 Å². The van der Waals surface area contributed by atoms with Gasteiger partial charge in [-0.15, -0.1) is 33.3 Å². The lowest BCUT2D eigenvalue weighted by Gasteiger charge is -2.05. The van der Waals surface area contributed by atoms with Crippen LogP contribution in [-0.2, 0) is 11.8 Å². The second kappa shape index (κ2) is 9.45. The van der Waals surface area contributed by atoms with Crippen molar-refractivity contribution in [2.45, 2.75) is 10.1 Å². The van der Waals surface area contributed by atoms with Gasteiger partial charge >= 0.3 is 0 Å². The van der Waals surface area contributed by atoms with Crippen LogP contribution in [0.3, 0.4) is 0 Å². The van der Waals surface area contributed by atoms with Crippen LogP contribution < -0.4 is 5.32 Å². The SMILES string of the molecule is Cn1c(SCC(=O)NCCSc2ccc(Cl)cc2)nnc1-c1cccs1. The number of thioether (sulfide) groups is 2. The number of hydrogen-bond donors (Lipinski definition) is 1. The van der Waals surface area contributed by atoms with Gasteiger partial charge in [-0.25, -0.2) is 0 Å². The molecule has 3 rings (SSSR count). The van der Waals surface area contributed by atoms with E-state index in [1.54, 1.807) is 23.1 Å². The smallest absolute Gasteiger partial charge is 0.230 e. The standard InChI is InChI=1S/C17H17ClN4OS3/c1-22-16(14-3-2-9-25-14)20-21-17(22)26-11-15(23)19-8-10-24-13-6-4-12(18)5-7-13/h2-7,9H,8,10-11H2,1H3,(H,19,23). The Labute approximate surface area is 169 Å². The summed E-state index contributed by atoms with van der Waals surface area (Å²) in [6, 6.07) is 11.7. The number of amides is 1. The largest absolute Gasteiger partial charge is 0.355 e. The summed E-state index contributed by atoms with van der Waals surface area (Å²) in [4.78, 5) is 14.2. The Morgan fingerprint density at radius 3 is 2.77 bits per heavy atom. The summed E-state index contributed by atoms with van der Waals surface area (Å²) in [6.45, 7) is 0.617. The van der Waals surface area contributed by atoms with E-state index < -0.39 is 0 Å². The molecule has 0 atom stereocenters. The van der Waals surface area contributed by atoms with Crippen LogP contribution in [0.5, 0.6) is 0 Å².